The van der Waals surface area contributed by atoms with Gasteiger partial charge in [0, 0.05) is 13.1 Å². The van der Waals surface area contributed by atoms with Crippen LogP contribution < -0.4 is 20.1 Å². The number of ether oxygens (including phenoxy) is 2. The number of hydrogen-bond acceptors (Lipinski definition) is 4. The molecule has 0 fully saturated rings. The van der Waals surface area contributed by atoms with E-state index in [9.17, 15) is 4.79 Å². The van der Waals surface area contributed by atoms with E-state index in [4.69, 9.17) is 9.47 Å². The van der Waals surface area contributed by atoms with Crippen LogP contribution in [0.4, 0.5) is 0 Å². The first-order valence-corrected chi connectivity index (χ1v) is 7.49. The molecule has 21 heavy (non-hydrogen) atoms. The Morgan fingerprint density at radius 3 is 2.86 bits per heavy atom. The molecule has 1 aromatic rings. The molecule has 5 nitrogen and oxygen atoms in total. The summed E-state index contributed by atoms with van der Waals surface area (Å²) >= 11 is 3.45. The zero-order valence-corrected chi connectivity index (χ0v) is 14.0. The maximum absolute atomic E-state index is 11.5. The van der Waals surface area contributed by atoms with Gasteiger partial charge in [-0.2, -0.15) is 0 Å². The van der Waals surface area contributed by atoms with Gasteiger partial charge in [-0.15, -0.1) is 6.58 Å². The second-order valence-corrected chi connectivity index (χ2v) is 5.13. The Morgan fingerprint density at radius 1 is 1.48 bits per heavy atom. The average Bonchev–Trinajstić information content (AvgIpc) is 2.49. The van der Waals surface area contributed by atoms with E-state index in [0.717, 1.165) is 23.1 Å². The average molecular weight is 357 g/mol. The van der Waals surface area contributed by atoms with Crippen molar-refractivity contribution in [3.05, 3.63) is 34.8 Å². The molecule has 2 N–H and O–H groups in total. The van der Waals surface area contributed by atoms with Gasteiger partial charge in [-0.3, -0.25) is 4.79 Å². The highest BCUT2D eigenvalue weighted by molar-refractivity contribution is 9.10. The normalized spacial score (nSPS) is 10.0. The molecule has 116 valence electrons. The van der Waals surface area contributed by atoms with Gasteiger partial charge in [0.05, 0.1) is 11.6 Å². The molecule has 0 aliphatic rings. The zero-order chi connectivity index (χ0) is 15.7. The fourth-order valence-electron chi connectivity index (χ4n) is 1.66. The summed E-state index contributed by atoms with van der Waals surface area (Å²) in [4.78, 5) is 11.5. The quantitative estimate of drug-likeness (QED) is 0.666. The summed E-state index contributed by atoms with van der Waals surface area (Å²) in [5.41, 5.74) is 1.07. The molecule has 0 saturated carbocycles. The molecule has 0 aliphatic carbocycles. The molecule has 0 saturated heterocycles. The second kappa shape index (κ2) is 9.41. The Hall–Kier alpha value is -1.53. The molecule has 0 aliphatic heterocycles. The van der Waals surface area contributed by atoms with Crippen molar-refractivity contribution in [3.8, 4) is 11.5 Å². The standard InChI is InChI=1S/C15H21BrN2O3/c1-4-6-18-14(19)10-21-15-12(16)7-11(9-17-5-2)8-13(15)20-3/h4,7-8,17H,1,5-6,9-10H2,2-3H3,(H,18,19). The number of methoxy groups -OCH3 is 1. The molecule has 0 unspecified atom stereocenters. The Morgan fingerprint density at radius 2 is 2.24 bits per heavy atom. The van der Waals surface area contributed by atoms with Crippen molar-refractivity contribution in [1.29, 1.82) is 0 Å². The highest BCUT2D eigenvalue weighted by Crippen LogP contribution is 2.36. The summed E-state index contributed by atoms with van der Waals surface area (Å²) in [5.74, 6) is 0.904. The number of rotatable bonds is 9. The van der Waals surface area contributed by atoms with Crippen LogP contribution in [0.5, 0.6) is 11.5 Å². The van der Waals surface area contributed by atoms with Crippen LogP contribution in [0, 0.1) is 0 Å². The number of benzene rings is 1. The maximum Gasteiger partial charge on any atom is 0.258 e. The summed E-state index contributed by atoms with van der Waals surface area (Å²) in [6.07, 6.45) is 1.62. The van der Waals surface area contributed by atoms with Crippen molar-refractivity contribution in [2.24, 2.45) is 0 Å². The lowest BCUT2D eigenvalue weighted by Crippen LogP contribution is -2.28. The van der Waals surface area contributed by atoms with Crippen LogP contribution in [0.15, 0.2) is 29.3 Å². The molecule has 0 atom stereocenters. The zero-order valence-electron chi connectivity index (χ0n) is 12.4. The molecule has 0 heterocycles. The first-order chi connectivity index (χ1) is 10.1. The van der Waals surface area contributed by atoms with Crippen LogP contribution >= 0.6 is 15.9 Å². The molecule has 6 heteroatoms. The third-order valence-corrected chi connectivity index (χ3v) is 3.25. The first-order valence-electron chi connectivity index (χ1n) is 6.69. The molecule has 1 amide bonds. The molecule has 0 bridgehead atoms. The van der Waals surface area contributed by atoms with Crippen molar-refractivity contribution >= 4 is 21.8 Å². The van der Waals surface area contributed by atoms with E-state index in [-0.39, 0.29) is 12.5 Å². The predicted octanol–water partition coefficient (Wildman–Crippen LogP) is 2.25. The van der Waals surface area contributed by atoms with Gasteiger partial charge in [0.25, 0.3) is 5.91 Å². The smallest absolute Gasteiger partial charge is 0.258 e. The monoisotopic (exact) mass is 356 g/mol. The van der Waals surface area contributed by atoms with Gasteiger partial charge in [-0.1, -0.05) is 13.0 Å². The third kappa shape index (κ3) is 5.77. The summed E-state index contributed by atoms with van der Waals surface area (Å²) < 4.78 is 11.6. The van der Waals surface area contributed by atoms with E-state index in [1.165, 1.54) is 0 Å². The van der Waals surface area contributed by atoms with Crippen molar-refractivity contribution in [2.75, 3.05) is 26.8 Å². The van der Waals surface area contributed by atoms with E-state index < -0.39 is 0 Å². The van der Waals surface area contributed by atoms with Crippen molar-refractivity contribution in [3.63, 3.8) is 0 Å². The number of amides is 1. The Kier molecular flexibility index (Phi) is 7.85. The summed E-state index contributed by atoms with van der Waals surface area (Å²) in [6.45, 7) is 7.56. The van der Waals surface area contributed by atoms with Gasteiger partial charge < -0.3 is 20.1 Å². The van der Waals surface area contributed by atoms with E-state index >= 15 is 0 Å². The van der Waals surface area contributed by atoms with E-state index in [1.807, 2.05) is 19.1 Å². The van der Waals surface area contributed by atoms with Gasteiger partial charge in [-0.05, 0) is 40.2 Å². The maximum atomic E-state index is 11.5. The minimum Gasteiger partial charge on any atom is -0.493 e. The van der Waals surface area contributed by atoms with Gasteiger partial charge in [0.15, 0.2) is 18.1 Å². The minimum atomic E-state index is -0.208. The number of halogens is 1. The lowest BCUT2D eigenvalue weighted by molar-refractivity contribution is -0.122. The van der Waals surface area contributed by atoms with Crippen molar-refractivity contribution in [2.45, 2.75) is 13.5 Å². The SMILES string of the molecule is C=CCNC(=O)COc1c(Br)cc(CNCC)cc1OC. The fourth-order valence-corrected chi connectivity index (χ4v) is 2.26. The number of nitrogens with one attached hydrogen (secondary N) is 2. The fraction of sp³-hybridized carbons (Fsp3) is 0.400. The van der Waals surface area contributed by atoms with Gasteiger partial charge >= 0.3 is 0 Å². The topological polar surface area (TPSA) is 59.6 Å². The van der Waals surface area contributed by atoms with Crippen LogP contribution in [0.3, 0.4) is 0 Å². The Labute approximate surface area is 133 Å². The molecular weight excluding hydrogens is 336 g/mol. The summed E-state index contributed by atoms with van der Waals surface area (Å²) in [6, 6.07) is 3.84. The van der Waals surface area contributed by atoms with Crippen LogP contribution in [0.25, 0.3) is 0 Å². The molecule has 0 aromatic heterocycles. The van der Waals surface area contributed by atoms with Gasteiger partial charge in [0.2, 0.25) is 0 Å². The van der Waals surface area contributed by atoms with Crippen LogP contribution in [0.2, 0.25) is 0 Å². The second-order valence-electron chi connectivity index (χ2n) is 4.27. The van der Waals surface area contributed by atoms with Crippen molar-refractivity contribution < 1.29 is 14.3 Å². The lowest BCUT2D eigenvalue weighted by Gasteiger charge is -2.14. The summed E-state index contributed by atoms with van der Waals surface area (Å²) in [7, 11) is 1.57. The van der Waals surface area contributed by atoms with Crippen LogP contribution in [-0.2, 0) is 11.3 Å². The van der Waals surface area contributed by atoms with Crippen LogP contribution in [0.1, 0.15) is 12.5 Å². The molecule has 0 spiro atoms. The van der Waals surface area contributed by atoms with Crippen LogP contribution in [-0.4, -0.2) is 32.7 Å². The van der Waals surface area contributed by atoms with E-state index in [0.29, 0.717) is 18.0 Å². The number of carbonyl (C=O) groups is 1. The van der Waals surface area contributed by atoms with Crippen molar-refractivity contribution in [1.82, 2.24) is 10.6 Å². The van der Waals surface area contributed by atoms with E-state index in [1.54, 1.807) is 13.2 Å². The minimum absolute atomic E-state index is 0.0741. The molecule has 0 radical (unpaired) electrons. The predicted molar refractivity (Wildman–Crippen MR) is 86.8 cm³/mol. The lowest BCUT2D eigenvalue weighted by atomic mass is 10.2. The molecular formula is C15H21BrN2O3. The number of carbonyl (C=O) groups excluding carboxylic acids is 1. The van der Waals surface area contributed by atoms with Gasteiger partial charge in [-0.25, -0.2) is 0 Å². The summed E-state index contributed by atoms with van der Waals surface area (Å²) in [5, 5.41) is 5.90. The Balaban J connectivity index is 2.76. The molecule has 1 rings (SSSR count). The first kappa shape index (κ1) is 17.5. The number of hydrogen-bond donors (Lipinski definition) is 2. The highest BCUT2D eigenvalue weighted by Gasteiger charge is 2.13. The Bertz CT molecular complexity index is 492. The molecule has 1 aromatic carbocycles. The highest BCUT2D eigenvalue weighted by atomic mass is 79.9. The third-order valence-electron chi connectivity index (χ3n) is 2.66. The van der Waals surface area contributed by atoms with E-state index in [2.05, 4.69) is 33.1 Å². The van der Waals surface area contributed by atoms with Gasteiger partial charge in [0.1, 0.15) is 0 Å². The largest absolute Gasteiger partial charge is 0.493 e.